The van der Waals surface area contributed by atoms with Crippen molar-refractivity contribution < 1.29 is 30.7 Å². The monoisotopic (exact) mass is 226 g/mol. The minimum absolute atomic E-state index is 0.882. The number of hydrogen-bond donors (Lipinski definition) is 0. The Morgan fingerprint density at radius 1 is 0.929 bits per heavy atom. The molecule has 1 atom stereocenters. The van der Waals surface area contributed by atoms with Gasteiger partial charge >= 0.3 is 12.3 Å². The summed E-state index contributed by atoms with van der Waals surface area (Å²) in [6.07, 6.45) is -10.6. The Labute approximate surface area is 76.1 Å². The van der Waals surface area contributed by atoms with Crippen molar-refractivity contribution >= 4 is 0 Å². The van der Waals surface area contributed by atoms with Crippen LogP contribution in [0.1, 0.15) is 19.8 Å². The summed E-state index contributed by atoms with van der Waals surface area (Å²) in [4.78, 5) is 0. The van der Waals surface area contributed by atoms with E-state index in [1.54, 1.807) is 0 Å². The van der Waals surface area contributed by atoms with E-state index in [0.717, 1.165) is 6.92 Å². The maximum absolute atomic E-state index is 12.5. The van der Waals surface area contributed by atoms with Crippen LogP contribution in [0.4, 0.5) is 30.7 Å². The summed E-state index contributed by atoms with van der Waals surface area (Å²) < 4.78 is 84.5. The maximum Gasteiger partial charge on any atom is 0.310 e. The lowest BCUT2D eigenvalue weighted by Crippen LogP contribution is -2.38. The Morgan fingerprint density at radius 2 is 1.36 bits per heavy atom. The molecule has 0 rings (SSSR count). The summed E-state index contributed by atoms with van der Waals surface area (Å²) in [6.45, 7) is 0.882. The first-order chi connectivity index (χ1) is 6.13. The van der Waals surface area contributed by atoms with Crippen LogP contribution >= 0.6 is 0 Å². The summed E-state index contributed by atoms with van der Waals surface area (Å²) in [7, 11) is 0. The highest BCUT2D eigenvalue weighted by atomic mass is 19.3. The van der Waals surface area contributed by atoms with Gasteiger partial charge < -0.3 is 0 Å². The van der Waals surface area contributed by atoms with Crippen LogP contribution in [0, 0.1) is 0 Å². The van der Waals surface area contributed by atoms with E-state index in [0.29, 0.717) is 0 Å². The van der Waals surface area contributed by atoms with Crippen LogP contribution in [-0.4, -0.2) is 24.4 Å². The first kappa shape index (κ1) is 13.5. The van der Waals surface area contributed by atoms with Crippen molar-refractivity contribution in [1.82, 2.24) is 0 Å². The van der Waals surface area contributed by atoms with Crippen LogP contribution in [0.5, 0.6) is 0 Å². The second-order valence-corrected chi connectivity index (χ2v) is 2.85. The topological polar surface area (TPSA) is 0 Å². The van der Waals surface area contributed by atoms with Crippen molar-refractivity contribution in [2.75, 3.05) is 0 Å². The minimum atomic E-state index is -4.71. The van der Waals surface area contributed by atoms with Crippen LogP contribution < -0.4 is 0 Å². The number of alkyl halides is 7. The van der Waals surface area contributed by atoms with E-state index in [9.17, 15) is 30.7 Å². The molecule has 0 fully saturated rings. The average Bonchev–Trinajstić information content (AvgIpc) is 2.03. The number of halogens is 7. The molecular formula is C7H9F7. The van der Waals surface area contributed by atoms with Gasteiger partial charge in [0.2, 0.25) is 0 Å². The maximum atomic E-state index is 12.5. The quantitative estimate of drug-likeness (QED) is 0.627. The highest BCUT2D eigenvalue weighted by Crippen LogP contribution is 2.36. The van der Waals surface area contributed by atoms with Crippen LogP contribution in [0.3, 0.4) is 0 Å². The van der Waals surface area contributed by atoms with Gasteiger partial charge in [0, 0.05) is 6.42 Å². The molecule has 0 N–H and O–H groups in total. The van der Waals surface area contributed by atoms with E-state index < -0.39 is 37.3 Å². The summed E-state index contributed by atoms with van der Waals surface area (Å²) in [5.74, 6) is -8.70. The molecule has 7 heteroatoms. The lowest BCUT2D eigenvalue weighted by molar-refractivity contribution is -0.170. The fourth-order valence-corrected chi connectivity index (χ4v) is 0.699. The van der Waals surface area contributed by atoms with Crippen molar-refractivity contribution in [3.8, 4) is 0 Å². The molecular weight excluding hydrogens is 217 g/mol. The van der Waals surface area contributed by atoms with Gasteiger partial charge in [0.1, 0.15) is 0 Å². The summed E-state index contributed by atoms with van der Waals surface area (Å²) >= 11 is 0. The number of hydrogen-bond acceptors (Lipinski definition) is 0. The molecule has 0 aromatic heterocycles. The molecule has 86 valence electrons. The molecule has 0 aliphatic rings. The lowest BCUT2D eigenvalue weighted by atomic mass is 10.0. The van der Waals surface area contributed by atoms with E-state index in [1.165, 1.54) is 0 Å². The van der Waals surface area contributed by atoms with Crippen molar-refractivity contribution in [1.29, 1.82) is 0 Å². The van der Waals surface area contributed by atoms with Gasteiger partial charge in [0.15, 0.2) is 6.17 Å². The molecule has 0 spiro atoms. The Morgan fingerprint density at radius 3 is 1.64 bits per heavy atom. The molecule has 0 amide bonds. The van der Waals surface area contributed by atoms with Crippen LogP contribution in [0.2, 0.25) is 0 Å². The van der Waals surface area contributed by atoms with E-state index in [1.807, 2.05) is 0 Å². The molecule has 0 aliphatic carbocycles. The first-order valence-electron chi connectivity index (χ1n) is 3.81. The highest BCUT2D eigenvalue weighted by Gasteiger charge is 2.49. The van der Waals surface area contributed by atoms with Crippen molar-refractivity contribution in [2.24, 2.45) is 0 Å². The standard InChI is InChI=1S/C7H9F7/c1-2-6(11,12)4(8)3-7(13,14)5(9)10/h4-5H,2-3H2,1H3/t4-/m0/s1. The molecule has 0 aliphatic heterocycles. The fraction of sp³-hybridized carbons (Fsp3) is 1.00. The average molecular weight is 226 g/mol. The highest BCUT2D eigenvalue weighted by molar-refractivity contribution is 4.82. The van der Waals surface area contributed by atoms with Gasteiger partial charge in [-0.2, -0.15) is 0 Å². The van der Waals surface area contributed by atoms with Gasteiger partial charge in [-0.15, -0.1) is 0 Å². The summed E-state index contributed by atoms with van der Waals surface area (Å²) in [5, 5.41) is 0. The Kier molecular flexibility index (Phi) is 4.20. The predicted molar refractivity (Wildman–Crippen MR) is 35.7 cm³/mol. The molecule has 0 unspecified atom stereocenters. The largest absolute Gasteiger partial charge is 0.310 e. The third-order valence-electron chi connectivity index (χ3n) is 1.70. The predicted octanol–water partition coefficient (Wildman–Crippen LogP) is 3.66. The molecule has 0 saturated carbocycles. The van der Waals surface area contributed by atoms with Gasteiger partial charge in [-0.05, 0) is 0 Å². The SMILES string of the molecule is CCC(F)(F)[C@@H](F)CC(F)(F)C(F)F. The van der Waals surface area contributed by atoms with Crippen molar-refractivity contribution in [2.45, 2.75) is 44.2 Å². The molecule has 14 heavy (non-hydrogen) atoms. The van der Waals surface area contributed by atoms with Gasteiger partial charge in [0.25, 0.3) is 5.92 Å². The zero-order valence-electron chi connectivity index (χ0n) is 7.21. The Hall–Kier alpha value is -0.490. The second-order valence-electron chi connectivity index (χ2n) is 2.85. The third kappa shape index (κ3) is 3.34. The van der Waals surface area contributed by atoms with Gasteiger partial charge in [-0.3, -0.25) is 0 Å². The normalized spacial score (nSPS) is 16.1. The number of rotatable bonds is 5. The van der Waals surface area contributed by atoms with Crippen LogP contribution in [-0.2, 0) is 0 Å². The molecule has 0 bridgehead atoms. The minimum Gasteiger partial charge on any atom is -0.241 e. The molecule has 0 saturated heterocycles. The summed E-state index contributed by atoms with van der Waals surface area (Å²) in [5.41, 5.74) is 0. The van der Waals surface area contributed by atoms with Crippen molar-refractivity contribution in [3.63, 3.8) is 0 Å². The molecule has 0 aromatic rings. The smallest absolute Gasteiger partial charge is 0.241 e. The van der Waals surface area contributed by atoms with E-state index in [4.69, 9.17) is 0 Å². The van der Waals surface area contributed by atoms with Gasteiger partial charge in [-0.1, -0.05) is 6.92 Å². The van der Waals surface area contributed by atoms with Crippen molar-refractivity contribution in [3.05, 3.63) is 0 Å². The van der Waals surface area contributed by atoms with Gasteiger partial charge in [0.05, 0.1) is 6.42 Å². The van der Waals surface area contributed by atoms with E-state index in [2.05, 4.69) is 0 Å². The first-order valence-corrected chi connectivity index (χ1v) is 3.81. The summed E-state index contributed by atoms with van der Waals surface area (Å²) in [6, 6.07) is 0. The Bertz CT molecular complexity index is 177. The Balaban J connectivity index is 4.39. The van der Waals surface area contributed by atoms with Crippen LogP contribution in [0.25, 0.3) is 0 Å². The third-order valence-corrected chi connectivity index (χ3v) is 1.70. The zero-order chi connectivity index (χ0) is 11.6. The van der Waals surface area contributed by atoms with E-state index >= 15 is 0 Å². The molecule has 0 nitrogen and oxygen atoms in total. The van der Waals surface area contributed by atoms with Gasteiger partial charge in [-0.25, -0.2) is 30.7 Å². The zero-order valence-corrected chi connectivity index (χ0v) is 7.21. The van der Waals surface area contributed by atoms with E-state index in [-0.39, 0.29) is 0 Å². The molecule has 0 radical (unpaired) electrons. The fourth-order valence-electron chi connectivity index (χ4n) is 0.699. The molecule has 0 heterocycles. The molecule has 0 aromatic carbocycles. The second kappa shape index (κ2) is 4.35. The lowest BCUT2D eigenvalue weighted by Gasteiger charge is -2.23. The van der Waals surface area contributed by atoms with Crippen LogP contribution in [0.15, 0.2) is 0 Å².